The Labute approximate surface area is 120 Å². The Morgan fingerprint density at radius 1 is 1.39 bits per heavy atom. The van der Waals surface area contributed by atoms with Gasteiger partial charge in [0.1, 0.15) is 0 Å². The highest BCUT2D eigenvalue weighted by molar-refractivity contribution is 9.10. The Morgan fingerprint density at radius 2 is 2.11 bits per heavy atom. The van der Waals surface area contributed by atoms with E-state index in [2.05, 4.69) is 26.3 Å². The van der Waals surface area contributed by atoms with Crippen LogP contribution in [0.25, 0.3) is 0 Å². The zero-order chi connectivity index (χ0) is 13.3. The molecule has 0 aliphatic carbocycles. The third-order valence-corrected chi connectivity index (χ3v) is 4.33. The van der Waals surface area contributed by atoms with Crippen LogP contribution in [0.15, 0.2) is 22.7 Å². The standard InChI is InChI=1S/C13H15BrClN3/c1-8-4-5-10(6-11(8)15)16-7-12-13(14)9(2)17-18(12)3/h4-6,16H,7H2,1-3H3. The molecule has 0 aliphatic rings. The van der Waals surface area contributed by atoms with Crippen LogP contribution < -0.4 is 5.32 Å². The van der Waals surface area contributed by atoms with Crippen LogP contribution in [0.5, 0.6) is 0 Å². The molecule has 1 heterocycles. The zero-order valence-corrected chi connectivity index (χ0v) is 12.9. The molecule has 1 aromatic heterocycles. The average molecular weight is 329 g/mol. The van der Waals surface area contributed by atoms with E-state index in [0.717, 1.165) is 32.1 Å². The van der Waals surface area contributed by atoms with Gasteiger partial charge in [0.15, 0.2) is 0 Å². The van der Waals surface area contributed by atoms with Crippen molar-refractivity contribution in [3.05, 3.63) is 44.6 Å². The number of aryl methyl sites for hydroxylation is 3. The molecule has 5 heteroatoms. The third-order valence-electron chi connectivity index (χ3n) is 2.89. The minimum Gasteiger partial charge on any atom is -0.379 e. The maximum Gasteiger partial charge on any atom is 0.0739 e. The molecule has 0 saturated heterocycles. The lowest BCUT2D eigenvalue weighted by atomic mass is 10.2. The lowest BCUT2D eigenvalue weighted by Gasteiger charge is -2.08. The van der Waals surface area contributed by atoms with Crippen molar-refractivity contribution in [2.45, 2.75) is 20.4 Å². The van der Waals surface area contributed by atoms with Gasteiger partial charge in [-0.2, -0.15) is 5.10 Å². The van der Waals surface area contributed by atoms with Crippen molar-refractivity contribution in [2.24, 2.45) is 7.05 Å². The van der Waals surface area contributed by atoms with E-state index < -0.39 is 0 Å². The van der Waals surface area contributed by atoms with Crippen LogP contribution in [0, 0.1) is 13.8 Å². The molecule has 2 rings (SSSR count). The van der Waals surface area contributed by atoms with E-state index in [-0.39, 0.29) is 0 Å². The van der Waals surface area contributed by atoms with Gasteiger partial charge in [0.05, 0.1) is 22.4 Å². The Bertz CT molecular complexity index is 578. The number of hydrogen-bond acceptors (Lipinski definition) is 2. The molecule has 0 unspecified atom stereocenters. The predicted octanol–water partition coefficient (Wildman–Crippen LogP) is 4.06. The van der Waals surface area contributed by atoms with E-state index >= 15 is 0 Å². The fourth-order valence-electron chi connectivity index (χ4n) is 1.76. The summed E-state index contributed by atoms with van der Waals surface area (Å²) in [5, 5.41) is 8.48. The molecule has 0 saturated carbocycles. The minimum atomic E-state index is 0.706. The van der Waals surface area contributed by atoms with Crippen LogP contribution in [-0.4, -0.2) is 9.78 Å². The van der Waals surface area contributed by atoms with Crippen molar-refractivity contribution in [3.63, 3.8) is 0 Å². The second-order valence-electron chi connectivity index (χ2n) is 4.29. The first-order valence-corrected chi connectivity index (χ1v) is 6.84. The van der Waals surface area contributed by atoms with Gasteiger partial charge >= 0.3 is 0 Å². The summed E-state index contributed by atoms with van der Waals surface area (Å²) in [7, 11) is 1.94. The summed E-state index contributed by atoms with van der Waals surface area (Å²) in [6, 6.07) is 5.97. The Morgan fingerprint density at radius 3 is 2.67 bits per heavy atom. The van der Waals surface area contributed by atoms with Gasteiger partial charge in [0, 0.05) is 17.8 Å². The summed E-state index contributed by atoms with van der Waals surface area (Å²) in [4.78, 5) is 0. The molecule has 1 aromatic carbocycles. The quantitative estimate of drug-likeness (QED) is 0.920. The van der Waals surface area contributed by atoms with Crippen LogP contribution in [0.1, 0.15) is 17.0 Å². The normalized spacial score (nSPS) is 10.7. The molecule has 0 aliphatic heterocycles. The zero-order valence-electron chi connectivity index (χ0n) is 10.6. The Balaban J connectivity index is 2.14. The maximum atomic E-state index is 6.10. The number of benzene rings is 1. The topological polar surface area (TPSA) is 29.9 Å². The fourth-order valence-corrected chi connectivity index (χ4v) is 2.42. The van der Waals surface area contributed by atoms with E-state index in [1.54, 1.807) is 0 Å². The molecule has 96 valence electrons. The van der Waals surface area contributed by atoms with Gasteiger partial charge < -0.3 is 5.32 Å². The number of hydrogen-bond donors (Lipinski definition) is 1. The fraction of sp³-hybridized carbons (Fsp3) is 0.308. The SMILES string of the molecule is Cc1ccc(NCc2c(Br)c(C)nn2C)cc1Cl. The van der Waals surface area contributed by atoms with Gasteiger partial charge in [-0.1, -0.05) is 17.7 Å². The molecular formula is C13H15BrClN3. The molecular weight excluding hydrogens is 314 g/mol. The summed E-state index contributed by atoms with van der Waals surface area (Å²) < 4.78 is 2.93. The highest BCUT2D eigenvalue weighted by Gasteiger charge is 2.10. The second-order valence-corrected chi connectivity index (χ2v) is 5.49. The van der Waals surface area contributed by atoms with Crippen molar-refractivity contribution in [1.82, 2.24) is 9.78 Å². The first-order valence-electron chi connectivity index (χ1n) is 5.67. The maximum absolute atomic E-state index is 6.10. The largest absolute Gasteiger partial charge is 0.379 e. The lowest BCUT2D eigenvalue weighted by molar-refractivity contribution is 0.712. The molecule has 0 fully saturated rings. The summed E-state index contributed by atoms with van der Waals surface area (Å²) >= 11 is 9.65. The highest BCUT2D eigenvalue weighted by Crippen LogP contribution is 2.23. The van der Waals surface area contributed by atoms with Crippen molar-refractivity contribution >= 4 is 33.2 Å². The number of halogens is 2. The molecule has 0 radical (unpaired) electrons. The van der Waals surface area contributed by atoms with Crippen LogP contribution in [0.4, 0.5) is 5.69 Å². The number of nitrogens with one attached hydrogen (secondary N) is 1. The summed E-state index contributed by atoms with van der Waals surface area (Å²) in [5.74, 6) is 0. The van der Waals surface area contributed by atoms with Crippen LogP contribution in [-0.2, 0) is 13.6 Å². The molecule has 0 amide bonds. The smallest absolute Gasteiger partial charge is 0.0739 e. The Hall–Kier alpha value is -1.00. The first kappa shape index (κ1) is 13.4. The second kappa shape index (κ2) is 5.33. The number of aromatic nitrogens is 2. The number of nitrogens with zero attached hydrogens (tertiary/aromatic N) is 2. The van der Waals surface area contributed by atoms with Crippen molar-refractivity contribution < 1.29 is 0 Å². The van der Waals surface area contributed by atoms with E-state index in [1.807, 2.05) is 43.8 Å². The lowest BCUT2D eigenvalue weighted by Crippen LogP contribution is -2.06. The number of rotatable bonds is 3. The first-order chi connectivity index (χ1) is 8.49. The summed E-state index contributed by atoms with van der Waals surface area (Å²) in [6.45, 7) is 4.68. The molecule has 0 spiro atoms. The van der Waals surface area contributed by atoms with Crippen LogP contribution in [0.3, 0.4) is 0 Å². The molecule has 18 heavy (non-hydrogen) atoms. The van der Waals surface area contributed by atoms with Gasteiger partial charge in [0.2, 0.25) is 0 Å². The van der Waals surface area contributed by atoms with Crippen molar-refractivity contribution in [3.8, 4) is 0 Å². The van der Waals surface area contributed by atoms with Gasteiger partial charge in [-0.05, 0) is 47.5 Å². The van der Waals surface area contributed by atoms with E-state index in [4.69, 9.17) is 11.6 Å². The van der Waals surface area contributed by atoms with Crippen molar-refractivity contribution in [2.75, 3.05) is 5.32 Å². The molecule has 3 nitrogen and oxygen atoms in total. The molecule has 2 aromatic rings. The Kier molecular flexibility index (Phi) is 3.97. The predicted molar refractivity (Wildman–Crippen MR) is 79.2 cm³/mol. The highest BCUT2D eigenvalue weighted by atomic mass is 79.9. The van der Waals surface area contributed by atoms with Crippen molar-refractivity contribution in [1.29, 1.82) is 0 Å². The van der Waals surface area contributed by atoms with E-state index in [9.17, 15) is 0 Å². The number of anilines is 1. The molecule has 0 atom stereocenters. The van der Waals surface area contributed by atoms with Gasteiger partial charge in [-0.3, -0.25) is 4.68 Å². The summed E-state index contributed by atoms with van der Waals surface area (Å²) in [5.41, 5.74) is 4.21. The minimum absolute atomic E-state index is 0.706. The van der Waals surface area contributed by atoms with Crippen LogP contribution in [0.2, 0.25) is 5.02 Å². The van der Waals surface area contributed by atoms with E-state index in [0.29, 0.717) is 6.54 Å². The van der Waals surface area contributed by atoms with E-state index in [1.165, 1.54) is 0 Å². The average Bonchev–Trinajstić information content (AvgIpc) is 2.56. The summed E-state index contributed by atoms with van der Waals surface area (Å²) in [6.07, 6.45) is 0. The van der Waals surface area contributed by atoms with Gasteiger partial charge in [-0.15, -0.1) is 0 Å². The molecule has 0 bridgehead atoms. The van der Waals surface area contributed by atoms with Gasteiger partial charge in [-0.25, -0.2) is 0 Å². The monoisotopic (exact) mass is 327 g/mol. The van der Waals surface area contributed by atoms with Crippen LogP contribution >= 0.6 is 27.5 Å². The third kappa shape index (κ3) is 2.70. The molecule has 1 N–H and O–H groups in total. The van der Waals surface area contributed by atoms with Gasteiger partial charge in [0.25, 0.3) is 0 Å².